The van der Waals surface area contributed by atoms with Gasteiger partial charge in [0.15, 0.2) is 11.5 Å². The van der Waals surface area contributed by atoms with Crippen molar-refractivity contribution >= 4 is 10.0 Å². The number of nitrogens with zero attached hydrogens (tertiary/aromatic N) is 3. The van der Waals surface area contributed by atoms with Crippen LogP contribution in [0.5, 0.6) is 11.5 Å². The Morgan fingerprint density at radius 2 is 1.88 bits per heavy atom. The van der Waals surface area contributed by atoms with Crippen molar-refractivity contribution in [1.82, 2.24) is 14.1 Å². The number of aryl methyl sites for hydroxylation is 2. The Morgan fingerprint density at radius 3 is 2.50 bits per heavy atom. The summed E-state index contributed by atoms with van der Waals surface area (Å²) in [6, 6.07) is 4.70. The number of fused-ring (bicyclic) bond motifs is 1. The molecule has 1 aromatic heterocycles. The van der Waals surface area contributed by atoms with Crippen molar-refractivity contribution in [2.24, 2.45) is 7.05 Å². The average molecular weight is 351 g/mol. The van der Waals surface area contributed by atoms with Gasteiger partial charge in [0.25, 0.3) is 0 Å². The van der Waals surface area contributed by atoms with E-state index in [1.54, 1.807) is 23.9 Å². The normalized spacial score (nSPS) is 14.2. The first-order valence-electron chi connectivity index (χ1n) is 7.66. The Kier molecular flexibility index (Phi) is 4.27. The fourth-order valence-electron chi connectivity index (χ4n) is 2.72. The van der Waals surface area contributed by atoms with Gasteiger partial charge in [-0.15, -0.1) is 0 Å². The molecule has 0 aliphatic carbocycles. The number of hydrogen-bond donors (Lipinski definition) is 0. The van der Waals surface area contributed by atoms with E-state index >= 15 is 0 Å². The van der Waals surface area contributed by atoms with Gasteiger partial charge < -0.3 is 9.47 Å². The van der Waals surface area contributed by atoms with Crippen LogP contribution in [0.4, 0.5) is 0 Å². The zero-order valence-electron chi connectivity index (χ0n) is 14.2. The van der Waals surface area contributed by atoms with Gasteiger partial charge >= 0.3 is 0 Å². The molecule has 0 spiro atoms. The smallest absolute Gasteiger partial charge is 0.243 e. The molecule has 0 unspecified atom stereocenters. The molecule has 7 nitrogen and oxygen atoms in total. The summed E-state index contributed by atoms with van der Waals surface area (Å²) in [6.45, 7) is 4.97. The van der Waals surface area contributed by atoms with Crippen LogP contribution in [0.25, 0.3) is 0 Å². The topological polar surface area (TPSA) is 73.7 Å². The van der Waals surface area contributed by atoms with Gasteiger partial charge in [-0.3, -0.25) is 4.68 Å². The lowest BCUT2D eigenvalue weighted by Gasteiger charge is -2.21. The van der Waals surface area contributed by atoms with Gasteiger partial charge in [-0.05, 0) is 26.0 Å². The second-order valence-corrected chi connectivity index (χ2v) is 7.88. The first kappa shape index (κ1) is 16.8. The maximum absolute atomic E-state index is 12.9. The van der Waals surface area contributed by atoms with Crippen molar-refractivity contribution in [3.8, 4) is 11.5 Å². The van der Waals surface area contributed by atoms with E-state index in [1.807, 2.05) is 20.9 Å². The Bertz CT molecular complexity index is 874. The van der Waals surface area contributed by atoms with Crippen LogP contribution in [0.15, 0.2) is 23.1 Å². The molecule has 0 saturated heterocycles. The highest BCUT2D eigenvalue weighted by molar-refractivity contribution is 7.89. The molecule has 0 N–H and O–H groups in total. The Morgan fingerprint density at radius 1 is 1.21 bits per heavy atom. The summed E-state index contributed by atoms with van der Waals surface area (Å²) in [5.74, 6) is 1.03. The second kappa shape index (κ2) is 6.10. The SMILES string of the molecule is Cc1nn(C)c(C)c1CN(C)S(=O)(=O)c1ccc2c(c1)OCCO2. The molecule has 2 heterocycles. The summed E-state index contributed by atoms with van der Waals surface area (Å²) in [7, 11) is -0.218. The minimum Gasteiger partial charge on any atom is -0.486 e. The van der Waals surface area contributed by atoms with E-state index in [1.165, 1.54) is 10.4 Å². The van der Waals surface area contributed by atoms with E-state index in [4.69, 9.17) is 9.47 Å². The fourth-order valence-corrected chi connectivity index (χ4v) is 3.87. The number of sulfonamides is 1. The van der Waals surface area contributed by atoms with Gasteiger partial charge in [0.2, 0.25) is 10.0 Å². The van der Waals surface area contributed by atoms with E-state index in [0.717, 1.165) is 17.0 Å². The van der Waals surface area contributed by atoms with Gasteiger partial charge in [-0.25, -0.2) is 8.42 Å². The molecule has 1 aliphatic heterocycles. The maximum atomic E-state index is 12.9. The molecule has 1 aliphatic rings. The highest BCUT2D eigenvalue weighted by atomic mass is 32.2. The van der Waals surface area contributed by atoms with Crippen LogP contribution < -0.4 is 9.47 Å². The first-order valence-corrected chi connectivity index (χ1v) is 9.10. The second-order valence-electron chi connectivity index (χ2n) is 5.84. The maximum Gasteiger partial charge on any atom is 0.243 e. The third-order valence-electron chi connectivity index (χ3n) is 4.26. The number of ether oxygens (including phenoxy) is 2. The lowest BCUT2D eigenvalue weighted by molar-refractivity contribution is 0.171. The Labute approximate surface area is 141 Å². The zero-order valence-corrected chi connectivity index (χ0v) is 15.1. The van der Waals surface area contributed by atoms with Crippen molar-refractivity contribution in [3.05, 3.63) is 35.2 Å². The van der Waals surface area contributed by atoms with Crippen molar-refractivity contribution in [1.29, 1.82) is 0 Å². The predicted octanol–water partition coefficient (Wildman–Crippen LogP) is 1.63. The molecule has 2 aromatic rings. The summed E-state index contributed by atoms with van der Waals surface area (Å²) in [4.78, 5) is 0.188. The molecule has 3 rings (SSSR count). The molecule has 0 fully saturated rings. The van der Waals surface area contributed by atoms with E-state index in [9.17, 15) is 8.42 Å². The molecule has 1 aromatic carbocycles. The van der Waals surface area contributed by atoms with Gasteiger partial charge in [0.05, 0.1) is 10.6 Å². The van der Waals surface area contributed by atoms with Crippen LogP contribution in [0, 0.1) is 13.8 Å². The number of rotatable bonds is 4. The van der Waals surface area contributed by atoms with Crippen molar-refractivity contribution in [2.45, 2.75) is 25.3 Å². The minimum absolute atomic E-state index is 0.188. The molecule has 0 radical (unpaired) electrons. The monoisotopic (exact) mass is 351 g/mol. The standard InChI is InChI=1S/C16H21N3O4S/c1-11-14(12(2)19(4)17-11)10-18(3)24(20,21)13-5-6-15-16(9-13)23-8-7-22-15/h5-6,9H,7-8,10H2,1-4H3. The van der Waals surface area contributed by atoms with Crippen LogP contribution in [0.2, 0.25) is 0 Å². The zero-order chi connectivity index (χ0) is 17.5. The molecular weight excluding hydrogens is 330 g/mol. The average Bonchev–Trinajstić information content (AvgIpc) is 2.80. The highest BCUT2D eigenvalue weighted by Crippen LogP contribution is 2.33. The summed E-state index contributed by atoms with van der Waals surface area (Å²) in [5, 5.41) is 4.33. The molecule has 130 valence electrons. The molecule has 0 atom stereocenters. The summed E-state index contributed by atoms with van der Waals surface area (Å²) in [6.07, 6.45) is 0. The third-order valence-corrected chi connectivity index (χ3v) is 6.06. The van der Waals surface area contributed by atoms with E-state index in [2.05, 4.69) is 5.10 Å². The van der Waals surface area contributed by atoms with E-state index in [0.29, 0.717) is 24.7 Å². The van der Waals surface area contributed by atoms with Gasteiger partial charge in [0, 0.05) is 38.0 Å². The molecule has 0 bridgehead atoms. The minimum atomic E-state index is -3.63. The molecular formula is C16H21N3O4S. The van der Waals surface area contributed by atoms with Crippen LogP contribution >= 0.6 is 0 Å². The Hall–Kier alpha value is -2.06. The van der Waals surface area contributed by atoms with Gasteiger partial charge in [0.1, 0.15) is 13.2 Å². The Balaban J connectivity index is 1.89. The fraction of sp³-hybridized carbons (Fsp3) is 0.438. The number of hydrogen-bond acceptors (Lipinski definition) is 5. The largest absolute Gasteiger partial charge is 0.486 e. The van der Waals surface area contributed by atoms with Crippen molar-refractivity contribution < 1.29 is 17.9 Å². The summed E-state index contributed by atoms with van der Waals surface area (Å²) < 4.78 is 39.7. The van der Waals surface area contributed by atoms with E-state index in [-0.39, 0.29) is 11.4 Å². The predicted molar refractivity (Wildman–Crippen MR) is 88.8 cm³/mol. The van der Waals surface area contributed by atoms with Crippen LogP contribution in [0.3, 0.4) is 0 Å². The van der Waals surface area contributed by atoms with E-state index < -0.39 is 10.0 Å². The lowest BCUT2D eigenvalue weighted by atomic mass is 10.2. The lowest BCUT2D eigenvalue weighted by Crippen LogP contribution is -2.27. The van der Waals surface area contributed by atoms with Gasteiger partial charge in [-0.2, -0.15) is 9.40 Å². The number of benzene rings is 1. The summed E-state index contributed by atoms with van der Waals surface area (Å²) in [5.41, 5.74) is 2.71. The first-order chi connectivity index (χ1) is 11.3. The van der Waals surface area contributed by atoms with Crippen LogP contribution in [-0.2, 0) is 23.6 Å². The quantitative estimate of drug-likeness (QED) is 0.837. The molecule has 24 heavy (non-hydrogen) atoms. The number of aromatic nitrogens is 2. The third kappa shape index (κ3) is 2.87. The molecule has 8 heteroatoms. The van der Waals surface area contributed by atoms with Crippen LogP contribution in [-0.4, -0.2) is 42.8 Å². The molecule has 0 saturated carbocycles. The van der Waals surface area contributed by atoms with Crippen molar-refractivity contribution in [2.75, 3.05) is 20.3 Å². The summed E-state index contributed by atoms with van der Waals surface area (Å²) >= 11 is 0. The van der Waals surface area contributed by atoms with Gasteiger partial charge in [-0.1, -0.05) is 0 Å². The van der Waals surface area contributed by atoms with Crippen LogP contribution in [0.1, 0.15) is 17.0 Å². The molecule has 0 amide bonds. The highest BCUT2D eigenvalue weighted by Gasteiger charge is 2.25. The van der Waals surface area contributed by atoms with Crippen molar-refractivity contribution in [3.63, 3.8) is 0 Å².